The van der Waals surface area contributed by atoms with Crippen molar-refractivity contribution in [2.24, 2.45) is 0 Å². The van der Waals surface area contributed by atoms with Gasteiger partial charge in [0.2, 0.25) is 0 Å². The van der Waals surface area contributed by atoms with Crippen LogP contribution in [0.5, 0.6) is 0 Å². The van der Waals surface area contributed by atoms with Crippen LogP contribution in [-0.2, 0) is 0 Å². The lowest BCUT2D eigenvalue weighted by Gasteiger charge is -2.22. The van der Waals surface area contributed by atoms with Gasteiger partial charge in [-0.15, -0.1) is 5.10 Å². The zero-order valence-corrected chi connectivity index (χ0v) is 12.9. The van der Waals surface area contributed by atoms with E-state index in [0.717, 1.165) is 23.3 Å². The molecule has 21 heavy (non-hydrogen) atoms. The monoisotopic (exact) mass is 301 g/mol. The third-order valence-electron chi connectivity index (χ3n) is 3.96. The van der Waals surface area contributed by atoms with Crippen molar-refractivity contribution >= 4 is 17.4 Å². The fraction of sp³-hybridized carbons (Fsp3) is 0.438. The van der Waals surface area contributed by atoms with Gasteiger partial charge in [-0.25, -0.2) is 0 Å². The quantitative estimate of drug-likeness (QED) is 0.942. The number of hydrogen-bond donors (Lipinski definition) is 1. The summed E-state index contributed by atoms with van der Waals surface area (Å²) in [7, 11) is 0. The lowest BCUT2D eigenvalue weighted by molar-refractivity contribution is 0.0923. The minimum Gasteiger partial charge on any atom is -0.348 e. The Morgan fingerprint density at radius 3 is 2.62 bits per heavy atom. The van der Waals surface area contributed by atoms with Crippen molar-refractivity contribution in [1.29, 1.82) is 0 Å². The molecule has 0 atom stereocenters. The fourth-order valence-corrected chi connectivity index (χ4v) is 3.40. The van der Waals surface area contributed by atoms with E-state index >= 15 is 0 Å². The molecule has 5 heteroatoms. The molecule has 0 saturated heterocycles. The van der Waals surface area contributed by atoms with Gasteiger partial charge in [0.1, 0.15) is 0 Å². The van der Waals surface area contributed by atoms with E-state index < -0.39 is 0 Å². The van der Waals surface area contributed by atoms with Gasteiger partial charge in [0.25, 0.3) is 5.91 Å². The van der Waals surface area contributed by atoms with E-state index in [-0.39, 0.29) is 5.91 Å². The average molecular weight is 301 g/mol. The molecule has 0 spiro atoms. The van der Waals surface area contributed by atoms with Gasteiger partial charge in [-0.3, -0.25) is 4.79 Å². The second-order valence-electron chi connectivity index (χ2n) is 5.63. The molecule has 0 unspecified atom stereocenters. The summed E-state index contributed by atoms with van der Waals surface area (Å²) >= 11 is 1.28. The molecule has 1 aliphatic rings. The Hall–Kier alpha value is -1.75. The van der Waals surface area contributed by atoms with Crippen molar-refractivity contribution in [3.8, 4) is 10.4 Å². The molecule has 0 bridgehead atoms. The molecule has 1 saturated carbocycles. The first-order valence-corrected chi connectivity index (χ1v) is 8.21. The Morgan fingerprint density at radius 2 is 1.90 bits per heavy atom. The molecular formula is C16H19N3OS. The predicted octanol–water partition coefficient (Wildman–Crippen LogP) is 3.58. The molecule has 4 nitrogen and oxygen atoms in total. The van der Waals surface area contributed by atoms with Crippen LogP contribution in [0.4, 0.5) is 0 Å². The van der Waals surface area contributed by atoms with Crippen molar-refractivity contribution in [2.45, 2.75) is 45.1 Å². The lowest BCUT2D eigenvalue weighted by Crippen LogP contribution is -2.36. The number of aromatic nitrogens is 2. The molecule has 1 aromatic carbocycles. The van der Waals surface area contributed by atoms with Crippen molar-refractivity contribution in [2.75, 3.05) is 0 Å². The van der Waals surface area contributed by atoms with Crippen LogP contribution in [0, 0.1) is 6.92 Å². The number of benzene rings is 1. The maximum Gasteiger partial charge on any atom is 0.273 e. The highest BCUT2D eigenvalue weighted by molar-refractivity contribution is 7.09. The molecule has 1 aromatic heterocycles. The number of amides is 1. The Labute approximate surface area is 128 Å². The number of nitrogens with zero attached hydrogens (tertiary/aromatic N) is 2. The van der Waals surface area contributed by atoms with Gasteiger partial charge in [-0.1, -0.05) is 53.6 Å². The van der Waals surface area contributed by atoms with Crippen LogP contribution in [0.25, 0.3) is 10.4 Å². The SMILES string of the molecule is Cc1ccc(-c2snnc2C(=O)NC2CCCCC2)cc1. The highest BCUT2D eigenvalue weighted by Gasteiger charge is 2.22. The van der Waals surface area contributed by atoms with E-state index in [4.69, 9.17) is 0 Å². The zero-order chi connectivity index (χ0) is 14.7. The average Bonchev–Trinajstić information content (AvgIpc) is 2.98. The zero-order valence-electron chi connectivity index (χ0n) is 12.1. The van der Waals surface area contributed by atoms with E-state index in [1.54, 1.807) is 0 Å². The van der Waals surface area contributed by atoms with Crippen LogP contribution in [0.15, 0.2) is 24.3 Å². The molecule has 2 aromatic rings. The fourth-order valence-electron chi connectivity index (χ4n) is 2.73. The molecule has 110 valence electrons. The summed E-state index contributed by atoms with van der Waals surface area (Å²) in [4.78, 5) is 13.3. The first kappa shape index (κ1) is 14.2. The number of rotatable bonds is 3. The normalized spacial score (nSPS) is 15.9. The van der Waals surface area contributed by atoms with Crippen molar-refractivity contribution in [1.82, 2.24) is 14.9 Å². The topological polar surface area (TPSA) is 54.9 Å². The van der Waals surface area contributed by atoms with Gasteiger partial charge in [0, 0.05) is 6.04 Å². The maximum atomic E-state index is 12.4. The van der Waals surface area contributed by atoms with Crippen molar-refractivity contribution in [3.05, 3.63) is 35.5 Å². The largest absolute Gasteiger partial charge is 0.348 e. The molecule has 0 aliphatic heterocycles. The highest BCUT2D eigenvalue weighted by Crippen LogP contribution is 2.27. The first-order chi connectivity index (χ1) is 10.2. The third-order valence-corrected chi connectivity index (χ3v) is 4.73. The summed E-state index contributed by atoms with van der Waals surface area (Å²) < 4.78 is 3.97. The number of aryl methyl sites for hydroxylation is 1. The molecule has 1 fully saturated rings. The Morgan fingerprint density at radius 1 is 1.19 bits per heavy atom. The summed E-state index contributed by atoms with van der Waals surface area (Å²) in [6.45, 7) is 2.05. The number of carbonyl (C=O) groups excluding carboxylic acids is 1. The van der Waals surface area contributed by atoms with Crippen LogP contribution in [0.2, 0.25) is 0 Å². The van der Waals surface area contributed by atoms with Gasteiger partial charge in [-0.05, 0) is 36.9 Å². The van der Waals surface area contributed by atoms with Crippen LogP contribution >= 0.6 is 11.5 Å². The van der Waals surface area contributed by atoms with E-state index in [1.165, 1.54) is 36.4 Å². The molecule has 1 amide bonds. The van der Waals surface area contributed by atoms with Gasteiger partial charge in [-0.2, -0.15) is 0 Å². The number of carbonyl (C=O) groups is 1. The van der Waals surface area contributed by atoms with Crippen molar-refractivity contribution in [3.63, 3.8) is 0 Å². The first-order valence-electron chi connectivity index (χ1n) is 7.44. The third kappa shape index (κ3) is 3.29. The smallest absolute Gasteiger partial charge is 0.273 e. The minimum atomic E-state index is -0.0915. The predicted molar refractivity (Wildman–Crippen MR) is 84.4 cm³/mol. The summed E-state index contributed by atoms with van der Waals surface area (Å²) in [5, 5.41) is 7.14. The lowest BCUT2D eigenvalue weighted by atomic mass is 9.95. The Bertz CT molecular complexity index is 615. The van der Waals surface area contributed by atoms with Gasteiger partial charge < -0.3 is 5.32 Å². The molecule has 1 N–H and O–H groups in total. The van der Waals surface area contributed by atoms with Gasteiger partial charge in [0.15, 0.2) is 5.69 Å². The van der Waals surface area contributed by atoms with Crippen LogP contribution in [-0.4, -0.2) is 21.5 Å². The standard InChI is InChI=1S/C16H19N3OS/c1-11-7-9-12(10-8-11)15-14(18-19-21-15)16(20)17-13-5-3-2-4-6-13/h7-10,13H,2-6H2,1H3,(H,17,20). The Kier molecular flexibility index (Phi) is 4.29. The van der Waals surface area contributed by atoms with E-state index in [1.807, 2.05) is 31.2 Å². The second-order valence-corrected chi connectivity index (χ2v) is 6.38. The van der Waals surface area contributed by atoms with Crippen LogP contribution in [0.1, 0.15) is 48.2 Å². The summed E-state index contributed by atoms with van der Waals surface area (Å²) in [6, 6.07) is 8.40. The number of hydrogen-bond acceptors (Lipinski definition) is 4. The van der Waals surface area contributed by atoms with Crippen LogP contribution in [0.3, 0.4) is 0 Å². The van der Waals surface area contributed by atoms with E-state index in [0.29, 0.717) is 11.7 Å². The van der Waals surface area contributed by atoms with Crippen molar-refractivity contribution < 1.29 is 4.79 Å². The molecule has 1 aliphatic carbocycles. The highest BCUT2D eigenvalue weighted by atomic mass is 32.1. The van der Waals surface area contributed by atoms with Crippen LogP contribution < -0.4 is 5.32 Å². The summed E-state index contributed by atoms with van der Waals surface area (Å²) in [6.07, 6.45) is 5.82. The van der Waals surface area contributed by atoms with E-state index in [9.17, 15) is 4.79 Å². The van der Waals surface area contributed by atoms with Gasteiger partial charge >= 0.3 is 0 Å². The molecule has 0 radical (unpaired) electrons. The Balaban J connectivity index is 1.78. The second kappa shape index (κ2) is 6.35. The minimum absolute atomic E-state index is 0.0915. The maximum absolute atomic E-state index is 12.4. The van der Waals surface area contributed by atoms with E-state index in [2.05, 4.69) is 14.9 Å². The molecular weight excluding hydrogens is 282 g/mol. The summed E-state index contributed by atoms with van der Waals surface area (Å²) in [5.74, 6) is -0.0915. The number of nitrogens with one attached hydrogen (secondary N) is 1. The van der Waals surface area contributed by atoms with Gasteiger partial charge in [0.05, 0.1) is 4.88 Å². The molecule has 1 heterocycles. The molecule has 3 rings (SSSR count). The summed E-state index contributed by atoms with van der Waals surface area (Å²) in [5.41, 5.74) is 2.66.